The van der Waals surface area contributed by atoms with Gasteiger partial charge in [0.05, 0.1) is 21.5 Å². The minimum Gasteiger partial charge on any atom is -0.478 e. The molecule has 2 N–H and O–H groups in total. The quantitative estimate of drug-likeness (QED) is 0.413. The zero-order valence-electron chi connectivity index (χ0n) is 16.7. The lowest BCUT2D eigenvalue weighted by Gasteiger charge is -2.09. The van der Waals surface area contributed by atoms with Gasteiger partial charge in [-0.3, -0.25) is 4.72 Å². The summed E-state index contributed by atoms with van der Waals surface area (Å²) in [7, 11) is -3.58. The third kappa shape index (κ3) is 5.10. The number of nitrogens with zero attached hydrogens (tertiary/aromatic N) is 1. The first kappa shape index (κ1) is 21.0. The van der Waals surface area contributed by atoms with Crippen LogP contribution >= 0.6 is 11.3 Å². The maximum Gasteiger partial charge on any atom is 0.335 e. The molecule has 0 radical (unpaired) electrons. The maximum atomic E-state index is 12.5. The van der Waals surface area contributed by atoms with Crippen LogP contribution < -0.4 is 4.72 Å². The summed E-state index contributed by atoms with van der Waals surface area (Å²) in [5.41, 5.74) is 4.33. The fourth-order valence-electron chi connectivity index (χ4n) is 3.18. The lowest BCUT2D eigenvalue weighted by atomic mass is 10.1. The summed E-state index contributed by atoms with van der Waals surface area (Å²) in [5, 5.41) is 9.94. The summed E-state index contributed by atoms with van der Waals surface area (Å²) in [6.45, 7) is 2.04. The van der Waals surface area contributed by atoms with Crippen LogP contribution in [0.4, 0.5) is 5.69 Å². The Bertz CT molecular complexity index is 1360. The molecular formula is C23H20N2O4S2. The number of carboxylic acids is 1. The van der Waals surface area contributed by atoms with Crippen molar-refractivity contribution in [1.82, 2.24) is 4.98 Å². The smallest absolute Gasteiger partial charge is 0.335 e. The molecule has 6 nitrogen and oxygen atoms in total. The number of aromatic nitrogens is 1. The van der Waals surface area contributed by atoms with E-state index in [4.69, 9.17) is 5.11 Å². The zero-order chi connectivity index (χ0) is 22.0. The first-order valence-electron chi connectivity index (χ1n) is 9.59. The average molecular weight is 453 g/mol. The topological polar surface area (TPSA) is 96.4 Å². The Kier molecular flexibility index (Phi) is 5.75. The summed E-state index contributed by atoms with van der Waals surface area (Å²) in [6.07, 6.45) is 0.222. The molecule has 0 atom stereocenters. The highest BCUT2D eigenvalue weighted by molar-refractivity contribution is 7.92. The van der Waals surface area contributed by atoms with Gasteiger partial charge in [0.25, 0.3) is 0 Å². The van der Waals surface area contributed by atoms with Crippen molar-refractivity contribution in [2.24, 2.45) is 0 Å². The second kappa shape index (κ2) is 8.49. The molecule has 0 spiro atoms. The third-order valence-electron chi connectivity index (χ3n) is 4.78. The molecule has 0 saturated heterocycles. The van der Waals surface area contributed by atoms with Crippen molar-refractivity contribution in [3.8, 4) is 10.6 Å². The van der Waals surface area contributed by atoms with E-state index in [1.54, 1.807) is 35.6 Å². The second-order valence-electron chi connectivity index (χ2n) is 7.24. The molecule has 4 aromatic rings. The molecular weight excluding hydrogens is 432 g/mol. The minimum absolute atomic E-state index is 0.142. The van der Waals surface area contributed by atoms with Crippen molar-refractivity contribution in [3.63, 3.8) is 0 Å². The number of nitrogens with one attached hydrogen (secondary N) is 1. The van der Waals surface area contributed by atoms with Crippen molar-refractivity contribution in [1.29, 1.82) is 0 Å². The van der Waals surface area contributed by atoms with E-state index in [1.165, 1.54) is 17.7 Å². The second-order valence-corrected chi connectivity index (χ2v) is 10.1. The summed E-state index contributed by atoms with van der Waals surface area (Å²) >= 11 is 1.60. The number of rotatable bonds is 7. The number of benzene rings is 3. The van der Waals surface area contributed by atoms with Gasteiger partial charge in [0.2, 0.25) is 10.0 Å². The van der Waals surface area contributed by atoms with Crippen molar-refractivity contribution in [2.45, 2.75) is 13.3 Å². The SMILES string of the molecule is Cc1ccc2nc(-c3ccc(NS(=O)(=O)CCc4cccc(C(=O)O)c4)cc3)sc2c1. The molecule has 0 aliphatic rings. The van der Waals surface area contributed by atoms with E-state index >= 15 is 0 Å². The Balaban J connectivity index is 1.43. The highest BCUT2D eigenvalue weighted by Gasteiger charge is 2.13. The van der Waals surface area contributed by atoms with Gasteiger partial charge < -0.3 is 5.11 Å². The number of carbonyl (C=O) groups is 1. The van der Waals surface area contributed by atoms with E-state index in [0.717, 1.165) is 20.8 Å². The Labute approximate surface area is 184 Å². The standard InChI is InChI=1S/C23H20N2O4S2/c1-15-5-10-20-21(13-15)30-22(24-20)17-6-8-19(9-7-17)25-31(28,29)12-11-16-3-2-4-18(14-16)23(26)27/h2-10,13-14,25H,11-12H2,1H3,(H,26,27). The molecule has 0 aliphatic heterocycles. The molecule has 1 aromatic heterocycles. The van der Waals surface area contributed by atoms with E-state index in [-0.39, 0.29) is 17.7 Å². The van der Waals surface area contributed by atoms with E-state index in [0.29, 0.717) is 11.3 Å². The average Bonchev–Trinajstić information content (AvgIpc) is 3.16. The van der Waals surface area contributed by atoms with Gasteiger partial charge in [0.15, 0.2) is 0 Å². The van der Waals surface area contributed by atoms with Gasteiger partial charge in [-0.2, -0.15) is 0 Å². The lowest BCUT2D eigenvalue weighted by Crippen LogP contribution is -2.18. The number of fused-ring (bicyclic) bond motifs is 1. The lowest BCUT2D eigenvalue weighted by molar-refractivity contribution is 0.0696. The van der Waals surface area contributed by atoms with E-state index < -0.39 is 16.0 Å². The Hall–Kier alpha value is -3.23. The van der Waals surface area contributed by atoms with E-state index in [9.17, 15) is 13.2 Å². The van der Waals surface area contributed by atoms with Crippen LogP contribution in [0.3, 0.4) is 0 Å². The molecule has 0 unspecified atom stereocenters. The van der Waals surface area contributed by atoms with Gasteiger partial charge in [-0.25, -0.2) is 18.2 Å². The van der Waals surface area contributed by atoms with Crippen LogP contribution in [-0.4, -0.2) is 30.2 Å². The summed E-state index contributed by atoms with van der Waals surface area (Å²) < 4.78 is 28.6. The minimum atomic E-state index is -3.58. The van der Waals surface area contributed by atoms with Crippen molar-refractivity contribution < 1.29 is 18.3 Å². The summed E-state index contributed by atoms with van der Waals surface area (Å²) in [6, 6.07) is 19.6. The molecule has 31 heavy (non-hydrogen) atoms. The number of aryl methyl sites for hydroxylation is 2. The highest BCUT2D eigenvalue weighted by Crippen LogP contribution is 2.31. The molecule has 0 amide bonds. The van der Waals surface area contributed by atoms with Crippen molar-refractivity contribution in [2.75, 3.05) is 10.5 Å². The number of hydrogen-bond donors (Lipinski definition) is 2. The van der Waals surface area contributed by atoms with E-state index in [2.05, 4.69) is 15.8 Å². The molecule has 158 valence electrons. The third-order valence-corrected chi connectivity index (χ3v) is 7.14. The zero-order valence-corrected chi connectivity index (χ0v) is 18.3. The Morgan fingerprint density at radius 2 is 1.84 bits per heavy atom. The van der Waals surface area contributed by atoms with Crippen molar-refractivity contribution in [3.05, 3.63) is 83.4 Å². The first-order chi connectivity index (χ1) is 14.8. The summed E-state index contributed by atoms with van der Waals surface area (Å²) in [4.78, 5) is 15.7. The van der Waals surface area contributed by atoms with Crippen LogP contribution in [-0.2, 0) is 16.4 Å². The monoisotopic (exact) mass is 452 g/mol. The van der Waals surface area contributed by atoms with Gasteiger partial charge >= 0.3 is 5.97 Å². The number of anilines is 1. The van der Waals surface area contributed by atoms with Crippen LogP contribution in [0.1, 0.15) is 21.5 Å². The Morgan fingerprint density at radius 1 is 1.06 bits per heavy atom. The van der Waals surface area contributed by atoms with Crippen LogP contribution in [0.2, 0.25) is 0 Å². The fourth-order valence-corrected chi connectivity index (χ4v) is 5.35. The Morgan fingerprint density at radius 3 is 2.58 bits per heavy atom. The predicted octanol–water partition coefficient (Wildman–Crippen LogP) is 4.95. The molecule has 3 aromatic carbocycles. The normalized spacial score (nSPS) is 11.5. The largest absolute Gasteiger partial charge is 0.478 e. The number of hydrogen-bond acceptors (Lipinski definition) is 5. The summed E-state index contributed by atoms with van der Waals surface area (Å²) in [5.74, 6) is -1.18. The molecule has 8 heteroatoms. The van der Waals surface area contributed by atoms with Crippen LogP contribution in [0.25, 0.3) is 20.8 Å². The van der Waals surface area contributed by atoms with Gasteiger partial charge in [-0.1, -0.05) is 18.2 Å². The number of thiazole rings is 1. The molecule has 4 rings (SSSR count). The molecule has 0 saturated carbocycles. The maximum absolute atomic E-state index is 12.5. The predicted molar refractivity (Wildman–Crippen MR) is 124 cm³/mol. The van der Waals surface area contributed by atoms with Crippen LogP contribution in [0, 0.1) is 6.92 Å². The fraction of sp³-hybridized carbons (Fsp3) is 0.130. The van der Waals surface area contributed by atoms with Crippen LogP contribution in [0.5, 0.6) is 0 Å². The van der Waals surface area contributed by atoms with Gasteiger partial charge in [-0.15, -0.1) is 11.3 Å². The van der Waals surface area contributed by atoms with Crippen LogP contribution in [0.15, 0.2) is 66.7 Å². The number of carboxylic acid groups (broad SMARTS) is 1. The number of sulfonamides is 1. The van der Waals surface area contributed by atoms with Gasteiger partial charge in [-0.05, 0) is 73.0 Å². The number of aromatic carboxylic acids is 1. The molecule has 0 fully saturated rings. The first-order valence-corrected chi connectivity index (χ1v) is 12.1. The van der Waals surface area contributed by atoms with Crippen molar-refractivity contribution >= 4 is 43.2 Å². The van der Waals surface area contributed by atoms with Gasteiger partial charge in [0.1, 0.15) is 5.01 Å². The molecule has 0 aliphatic carbocycles. The molecule has 0 bridgehead atoms. The van der Waals surface area contributed by atoms with Gasteiger partial charge in [0, 0.05) is 11.3 Å². The molecule has 1 heterocycles. The highest BCUT2D eigenvalue weighted by atomic mass is 32.2. The van der Waals surface area contributed by atoms with E-state index in [1.807, 2.05) is 31.2 Å².